The third-order valence-corrected chi connectivity index (χ3v) is 5.01. The van der Waals surface area contributed by atoms with Crippen molar-refractivity contribution in [2.45, 2.75) is 18.9 Å². The highest BCUT2D eigenvalue weighted by molar-refractivity contribution is 5.94. The molecule has 3 aromatic rings. The lowest BCUT2D eigenvalue weighted by molar-refractivity contribution is 0.0677. The molecule has 6 nitrogen and oxygen atoms in total. The number of carbonyl (C=O) groups is 1. The minimum Gasteiger partial charge on any atom is -0.337 e. The molecule has 1 aromatic heterocycles. The topological polar surface area (TPSA) is 79.0 Å². The summed E-state index contributed by atoms with van der Waals surface area (Å²) < 4.78 is 1.65. The molecule has 0 spiro atoms. The highest BCUT2D eigenvalue weighted by atomic mass is 16.2. The number of benzene rings is 2. The molecular weight excluding hydrogens is 340 g/mol. The van der Waals surface area contributed by atoms with Crippen molar-refractivity contribution in [3.05, 3.63) is 76.3 Å². The second-order valence-corrected chi connectivity index (χ2v) is 6.71. The maximum atomic E-state index is 12.9. The van der Waals surface area contributed by atoms with Gasteiger partial charge in [-0.1, -0.05) is 18.2 Å². The van der Waals surface area contributed by atoms with Crippen LogP contribution in [0.5, 0.6) is 0 Å². The van der Waals surface area contributed by atoms with E-state index in [1.165, 1.54) is 0 Å². The van der Waals surface area contributed by atoms with E-state index in [-0.39, 0.29) is 17.5 Å². The van der Waals surface area contributed by atoms with Gasteiger partial charge < -0.3 is 4.90 Å². The van der Waals surface area contributed by atoms with Gasteiger partial charge >= 0.3 is 0 Å². The molecule has 1 saturated heterocycles. The summed E-state index contributed by atoms with van der Waals surface area (Å²) in [4.78, 5) is 31.8. The molecular formula is C21H18N4O2. The zero-order chi connectivity index (χ0) is 18.8. The van der Waals surface area contributed by atoms with Gasteiger partial charge in [-0.3, -0.25) is 14.2 Å². The van der Waals surface area contributed by atoms with Crippen molar-refractivity contribution in [3.63, 3.8) is 0 Å². The number of para-hydroxylation sites is 1. The molecule has 134 valence electrons. The molecule has 2 aromatic carbocycles. The maximum absolute atomic E-state index is 12.9. The zero-order valence-electron chi connectivity index (χ0n) is 14.7. The van der Waals surface area contributed by atoms with Gasteiger partial charge in [0.05, 0.1) is 34.9 Å². The van der Waals surface area contributed by atoms with Crippen LogP contribution in [0.25, 0.3) is 10.9 Å². The van der Waals surface area contributed by atoms with E-state index >= 15 is 0 Å². The highest BCUT2D eigenvalue weighted by Gasteiger charge is 2.26. The number of fused-ring (bicyclic) bond motifs is 1. The summed E-state index contributed by atoms with van der Waals surface area (Å²) >= 11 is 0. The van der Waals surface area contributed by atoms with Crippen LogP contribution in [0.15, 0.2) is 59.7 Å². The van der Waals surface area contributed by atoms with Gasteiger partial charge in [-0.25, -0.2) is 4.98 Å². The number of likely N-dealkylation sites (tertiary alicyclic amines) is 1. The normalized spacial score (nSPS) is 16.9. The fourth-order valence-corrected chi connectivity index (χ4v) is 3.61. The molecule has 0 unspecified atom stereocenters. The molecule has 0 bridgehead atoms. The molecule has 27 heavy (non-hydrogen) atoms. The Morgan fingerprint density at radius 1 is 1.19 bits per heavy atom. The van der Waals surface area contributed by atoms with E-state index in [4.69, 9.17) is 5.26 Å². The Hall–Kier alpha value is -3.46. The number of nitrogens with zero attached hydrogens (tertiary/aromatic N) is 4. The van der Waals surface area contributed by atoms with Crippen molar-refractivity contribution in [2.75, 3.05) is 13.1 Å². The molecule has 0 aliphatic carbocycles. The van der Waals surface area contributed by atoms with Gasteiger partial charge in [0.15, 0.2) is 0 Å². The Morgan fingerprint density at radius 2 is 2.04 bits per heavy atom. The van der Waals surface area contributed by atoms with Gasteiger partial charge in [0.1, 0.15) is 0 Å². The van der Waals surface area contributed by atoms with Crippen molar-refractivity contribution in [1.29, 1.82) is 5.26 Å². The minimum absolute atomic E-state index is 0.0774. The zero-order valence-corrected chi connectivity index (χ0v) is 14.7. The lowest BCUT2D eigenvalue weighted by Crippen LogP contribution is -2.43. The number of hydrogen-bond acceptors (Lipinski definition) is 4. The predicted octanol–water partition coefficient (Wildman–Crippen LogP) is 2.75. The first-order valence-corrected chi connectivity index (χ1v) is 8.92. The molecule has 1 aliphatic rings. The molecule has 0 radical (unpaired) electrons. The molecule has 2 heterocycles. The van der Waals surface area contributed by atoms with Crippen molar-refractivity contribution in [1.82, 2.24) is 14.5 Å². The van der Waals surface area contributed by atoms with E-state index in [1.807, 2.05) is 18.2 Å². The SMILES string of the molecule is N#Cc1cccc(C(=O)N2CCC[C@H](n3cnc4ccccc4c3=O)C2)c1. The number of amides is 1. The van der Waals surface area contributed by atoms with Crippen LogP contribution in [0.1, 0.15) is 34.8 Å². The Labute approximate surface area is 156 Å². The monoisotopic (exact) mass is 358 g/mol. The third kappa shape index (κ3) is 3.20. The fraction of sp³-hybridized carbons (Fsp3) is 0.238. The molecule has 1 atom stereocenters. The summed E-state index contributed by atoms with van der Waals surface area (Å²) in [7, 11) is 0. The summed E-state index contributed by atoms with van der Waals surface area (Å²) in [5.41, 5.74) is 1.56. The van der Waals surface area contributed by atoms with Crippen LogP contribution in [-0.2, 0) is 0 Å². The fourth-order valence-electron chi connectivity index (χ4n) is 3.61. The van der Waals surface area contributed by atoms with Crippen molar-refractivity contribution in [2.24, 2.45) is 0 Å². The van der Waals surface area contributed by atoms with E-state index in [0.29, 0.717) is 35.1 Å². The summed E-state index contributed by atoms with van der Waals surface area (Å²) in [5, 5.41) is 9.63. The predicted molar refractivity (Wildman–Crippen MR) is 101 cm³/mol. The number of nitriles is 1. The number of piperidine rings is 1. The van der Waals surface area contributed by atoms with Gasteiger partial charge in [0.2, 0.25) is 0 Å². The summed E-state index contributed by atoms with van der Waals surface area (Å²) in [6, 6.07) is 16.0. The van der Waals surface area contributed by atoms with E-state index in [0.717, 1.165) is 12.8 Å². The highest BCUT2D eigenvalue weighted by Crippen LogP contribution is 2.22. The maximum Gasteiger partial charge on any atom is 0.261 e. The number of aromatic nitrogens is 2. The summed E-state index contributed by atoms with van der Waals surface area (Å²) in [6.45, 7) is 1.09. The second-order valence-electron chi connectivity index (χ2n) is 6.71. The van der Waals surface area contributed by atoms with E-state index in [9.17, 15) is 9.59 Å². The van der Waals surface area contributed by atoms with Crippen LogP contribution in [0.4, 0.5) is 0 Å². The average Bonchev–Trinajstić information content (AvgIpc) is 2.74. The van der Waals surface area contributed by atoms with Crippen molar-refractivity contribution >= 4 is 16.8 Å². The Kier molecular flexibility index (Phi) is 4.43. The van der Waals surface area contributed by atoms with Gasteiger partial charge in [-0.2, -0.15) is 5.26 Å². The first-order chi connectivity index (χ1) is 13.2. The number of rotatable bonds is 2. The number of carbonyl (C=O) groups excluding carboxylic acids is 1. The number of hydrogen-bond donors (Lipinski definition) is 0. The quantitative estimate of drug-likeness (QED) is 0.706. The Balaban J connectivity index is 1.62. The Morgan fingerprint density at radius 3 is 2.89 bits per heavy atom. The van der Waals surface area contributed by atoms with E-state index < -0.39 is 0 Å². The van der Waals surface area contributed by atoms with Gasteiger partial charge in [0, 0.05) is 18.7 Å². The minimum atomic E-state index is -0.112. The molecule has 6 heteroatoms. The smallest absolute Gasteiger partial charge is 0.261 e. The van der Waals surface area contributed by atoms with Crippen LogP contribution in [0, 0.1) is 11.3 Å². The van der Waals surface area contributed by atoms with Gasteiger partial charge in [-0.15, -0.1) is 0 Å². The lowest BCUT2D eigenvalue weighted by atomic mass is 10.0. The molecule has 0 N–H and O–H groups in total. The van der Waals surface area contributed by atoms with Gasteiger partial charge in [0.25, 0.3) is 11.5 Å². The molecule has 1 aliphatic heterocycles. The first-order valence-electron chi connectivity index (χ1n) is 8.92. The molecule has 1 amide bonds. The van der Waals surface area contributed by atoms with Crippen LogP contribution < -0.4 is 5.56 Å². The third-order valence-electron chi connectivity index (χ3n) is 5.01. The summed E-state index contributed by atoms with van der Waals surface area (Å²) in [5.74, 6) is -0.112. The van der Waals surface area contributed by atoms with Crippen molar-refractivity contribution < 1.29 is 4.79 Å². The summed E-state index contributed by atoms with van der Waals surface area (Å²) in [6.07, 6.45) is 3.22. The molecule has 0 saturated carbocycles. The van der Waals surface area contributed by atoms with E-state index in [1.54, 1.807) is 46.1 Å². The largest absolute Gasteiger partial charge is 0.337 e. The average molecular weight is 358 g/mol. The lowest BCUT2D eigenvalue weighted by Gasteiger charge is -2.33. The van der Waals surface area contributed by atoms with Crippen LogP contribution in [0.3, 0.4) is 0 Å². The van der Waals surface area contributed by atoms with Crippen LogP contribution in [-0.4, -0.2) is 33.4 Å². The van der Waals surface area contributed by atoms with Crippen molar-refractivity contribution in [3.8, 4) is 6.07 Å². The first kappa shape index (κ1) is 17.0. The van der Waals surface area contributed by atoms with Crippen LogP contribution >= 0.6 is 0 Å². The molecule has 1 fully saturated rings. The van der Waals surface area contributed by atoms with E-state index in [2.05, 4.69) is 11.1 Å². The van der Waals surface area contributed by atoms with Gasteiger partial charge in [-0.05, 0) is 43.2 Å². The molecule has 4 rings (SSSR count). The standard InChI is InChI=1S/C21H18N4O2/c22-12-15-5-3-6-16(11-15)20(26)24-10-4-7-17(13-24)25-14-23-19-9-2-1-8-18(19)21(25)27/h1-3,5-6,8-9,11,14,17H,4,7,10,13H2/t17-/m0/s1. The van der Waals surface area contributed by atoms with Crippen LogP contribution in [0.2, 0.25) is 0 Å². The Bertz CT molecular complexity index is 1110. The second kappa shape index (κ2) is 7.04.